The zero-order valence-electron chi connectivity index (χ0n) is 9.54. The standard InChI is InChI=1S/C11H16N4S2/c1-7-2-8(5-14-10(12)16)4-9(3-7)6-15-11(13)17/h2-4H,5-6H2,1H3,(H3,12,14,16)(H3,13,15,17). The molecule has 0 bridgehead atoms. The molecule has 0 radical (unpaired) electrons. The van der Waals surface area contributed by atoms with Gasteiger partial charge in [-0.15, -0.1) is 25.3 Å². The third-order valence-electron chi connectivity index (χ3n) is 2.12. The van der Waals surface area contributed by atoms with E-state index in [0.29, 0.717) is 13.1 Å². The fourth-order valence-electron chi connectivity index (χ4n) is 1.52. The second kappa shape index (κ2) is 6.56. The van der Waals surface area contributed by atoms with Gasteiger partial charge in [0.1, 0.15) is 0 Å². The first-order chi connectivity index (χ1) is 7.97. The molecule has 0 fully saturated rings. The number of amidine groups is 2. The minimum absolute atomic E-state index is 0.156. The van der Waals surface area contributed by atoms with Crippen molar-refractivity contribution in [3.05, 3.63) is 34.9 Å². The molecule has 4 nitrogen and oxygen atoms in total. The summed E-state index contributed by atoms with van der Waals surface area (Å²) in [6.45, 7) is 3.18. The van der Waals surface area contributed by atoms with Gasteiger partial charge in [0.2, 0.25) is 0 Å². The van der Waals surface area contributed by atoms with Crippen molar-refractivity contribution in [2.45, 2.75) is 20.0 Å². The van der Waals surface area contributed by atoms with Crippen LogP contribution in [0.25, 0.3) is 0 Å². The lowest BCUT2D eigenvalue weighted by Crippen LogP contribution is -2.18. The third-order valence-corrected chi connectivity index (χ3v) is 2.43. The Morgan fingerprint density at radius 1 is 1.00 bits per heavy atom. The van der Waals surface area contributed by atoms with Gasteiger partial charge in [-0.1, -0.05) is 23.8 Å². The van der Waals surface area contributed by atoms with Crippen molar-refractivity contribution in [3.63, 3.8) is 0 Å². The molecule has 0 atom stereocenters. The van der Waals surface area contributed by atoms with Gasteiger partial charge in [0.05, 0.1) is 0 Å². The van der Waals surface area contributed by atoms with E-state index in [4.69, 9.17) is 10.8 Å². The molecule has 0 saturated heterocycles. The number of benzene rings is 1. The lowest BCUT2D eigenvalue weighted by Gasteiger charge is -2.09. The molecular weight excluding hydrogens is 252 g/mol. The van der Waals surface area contributed by atoms with Crippen molar-refractivity contribution in [1.82, 2.24) is 10.6 Å². The van der Waals surface area contributed by atoms with E-state index in [0.717, 1.165) is 16.7 Å². The van der Waals surface area contributed by atoms with E-state index in [9.17, 15) is 0 Å². The minimum atomic E-state index is 0.156. The fourth-order valence-corrected chi connectivity index (χ4v) is 1.68. The molecule has 1 aromatic carbocycles. The SMILES string of the molecule is Cc1cc(CNC(=N)S)cc(CNC(=N)S)c1. The summed E-state index contributed by atoms with van der Waals surface area (Å²) in [5.41, 5.74) is 3.33. The van der Waals surface area contributed by atoms with Crippen molar-refractivity contribution >= 4 is 35.6 Å². The van der Waals surface area contributed by atoms with Gasteiger partial charge >= 0.3 is 0 Å². The van der Waals surface area contributed by atoms with Crippen LogP contribution in [0.4, 0.5) is 0 Å². The van der Waals surface area contributed by atoms with Crippen LogP contribution in [0.1, 0.15) is 16.7 Å². The average molecular weight is 268 g/mol. The topological polar surface area (TPSA) is 71.8 Å². The second-order valence-electron chi connectivity index (χ2n) is 3.73. The number of rotatable bonds is 4. The minimum Gasteiger partial charge on any atom is -0.361 e. The predicted octanol–water partition coefficient (Wildman–Crippen LogP) is 1.90. The first-order valence-electron chi connectivity index (χ1n) is 5.09. The van der Waals surface area contributed by atoms with Gasteiger partial charge in [-0.25, -0.2) is 0 Å². The Bertz CT molecular complexity index is 395. The summed E-state index contributed by atoms with van der Waals surface area (Å²) in [6, 6.07) is 6.14. The van der Waals surface area contributed by atoms with Crippen molar-refractivity contribution in [3.8, 4) is 0 Å². The zero-order valence-corrected chi connectivity index (χ0v) is 11.3. The number of thiol groups is 2. The van der Waals surface area contributed by atoms with E-state index >= 15 is 0 Å². The second-order valence-corrected chi connectivity index (χ2v) is 4.63. The number of aryl methyl sites for hydroxylation is 1. The van der Waals surface area contributed by atoms with Crippen LogP contribution in [0.2, 0.25) is 0 Å². The van der Waals surface area contributed by atoms with E-state index < -0.39 is 0 Å². The van der Waals surface area contributed by atoms with Crippen LogP contribution in [0, 0.1) is 17.7 Å². The maximum atomic E-state index is 7.19. The molecule has 1 aromatic rings. The molecule has 92 valence electrons. The largest absolute Gasteiger partial charge is 0.361 e. The Labute approximate surface area is 112 Å². The molecule has 1 rings (SSSR count). The van der Waals surface area contributed by atoms with Crippen LogP contribution >= 0.6 is 25.3 Å². The highest BCUT2D eigenvalue weighted by atomic mass is 32.1. The fraction of sp³-hybridized carbons (Fsp3) is 0.273. The summed E-state index contributed by atoms with van der Waals surface area (Å²) in [6.07, 6.45) is 0. The summed E-state index contributed by atoms with van der Waals surface area (Å²) in [4.78, 5) is 0. The molecule has 0 amide bonds. The Morgan fingerprint density at radius 2 is 1.41 bits per heavy atom. The highest BCUT2D eigenvalue weighted by Crippen LogP contribution is 2.10. The van der Waals surface area contributed by atoms with Gasteiger partial charge in [0.25, 0.3) is 0 Å². The van der Waals surface area contributed by atoms with Gasteiger partial charge in [-0.2, -0.15) is 0 Å². The van der Waals surface area contributed by atoms with Crippen LogP contribution in [0.5, 0.6) is 0 Å². The molecular formula is C11H16N4S2. The van der Waals surface area contributed by atoms with Crippen LogP contribution in [0.3, 0.4) is 0 Å². The molecule has 17 heavy (non-hydrogen) atoms. The highest BCUT2D eigenvalue weighted by molar-refractivity contribution is 7.96. The lowest BCUT2D eigenvalue weighted by atomic mass is 10.1. The number of hydrogen-bond donors (Lipinski definition) is 6. The van der Waals surface area contributed by atoms with E-state index in [1.54, 1.807) is 0 Å². The number of hydrogen-bond acceptors (Lipinski definition) is 2. The Morgan fingerprint density at radius 3 is 1.76 bits per heavy atom. The summed E-state index contributed by atoms with van der Waals surface area (Å²) in [5.74, 6) is 0. The summed E-state index contributed by atoms with van der Waals surface area (Å²) < 4.78 is 0. The quantitative estimate of drug-likeness (QED) is 0.287. The monoisotopic (exact) mass is 268 g/mol. The maximum Gasteiger partial charge on any atom is 0.150 e. The highest BCUT2D eigenvalue weighted by Gasteiger charge is 2.00. The third kappa shape index (κ3) is 5.65. The average Bonchev–Trinajstić information content (AvgIpc) is 2.23. The Kier molecular flexibility index (Phi) is 5.37. The van der Waals surface area contributed by atoms with Crippen LogP contribution in [-0.2, 0) is 13.1 Å². The lowest BCUT2D eigenvalue weighted by molar-refractivity contribution is 0.891. The van der Waals surface area contributed by atoms with Gasteiger partial charge in [0, 0.05) is 13.1 Å². The van der Waals surface area contributed by atoms with Gasteiger partial charge in [-0.3, -0.25) is 10.8 Å². The van der Waals surface area contributed by atoms with Gasteiger partial charge in [-0.05, 0) is 18.1 Å². The Hall–Kier alpha value is -1.14. The molecule has 0 heterocycles. The van der Waals surface area contributed by atoms with E-state index in [2.05, 4.69) is 48.0 Å². The van der Waals surface area contributed by atoms with E-state index in [1.165, 1.54) is 0 Å². The molecule has 0 unspecified atom stereocenters. The molecule has 0 spiro atoms. The van der Waals surface area contributed by atoms with Crippen molar-refractivity contribution in [2.75, 3.05) is 0 Å². The summed E-state index contributed by atoms with van der Waals surface area (Å²) in [7, 11) is 0. The molecule has 0 aromatic heterocycles. The normalized spacial score (nSPS) is 9.82. The van der Waals surface area contributed by atoms with Crippen molar-refractivity contribution in [1.29, 1.82) is 10.8 Å². The maximum absolute atomic E-state index is 7.19. The first kappa shape index (κ1) is 13.9. The molecule has 6 heteroatoms. The Balaban J connectivity index is 2.71. The van der Waals surface area contributed by atoms with Gasteiger partial charge < -0.3 is 10.6 Å². The van der Waals surface area contributed by atoms with E-state index in [-0.39, 0.29) is 10.3 Å². The predicted molar refractivity (Wildman–Crippen MR) is 78.3 cm³/mol. The summed E-state index contributed by atoms with van der Waals surface area (Å²) >= 11 is 7.74. The molecule has 4 N–H and O–H groups in total. The van der Waals surface area contributed by atoms with Crippen LogP contribution < -0.4 is 10.6 Å². The molecule has 0 aliphatic rings. The molecule has 0 saturated carbocycles. The van der Waals surface area contributed by atoms with Crippen molar-refractivity contribution in [2.24, 2.45) is 0 Å². The van der Waals surface area contributed by atoms with Crippen LogP contribution in [0.15, 0.2) is 18.2 Å². The molecule has 0 aliphatic heterocycles. The molecule has 0 aliphatic carbocycles. The summed E-state index contributed by atoms with van der Waals surface area (Å²) in [5, 5.41) is 20.4. The first-order valence-corrected chi connectivity index (χ1v) is 5.99. The van der Waals surface area contributed by atoms with E-state index in [1.807, 2.05) is 13.0 Å². The van der Waals surface area contributed by atoms with Crippen LogP contribution in [-0.4, -0.2) is 10.3 Å². The van der Waals surface area contributed by atoms with Gasteiger partial charge in [0.15, 0.2) is 10.3 Å². The smallest absolute Gasteiger partial charge is 0.150 e. The zero-order chi connectivity index (χ0) is 12.8. The number of nitrogens with one attached hydrogen (secondary N) is 4. The van der Waals surface area contributed by atoms with Crippen molar-refractivity contribution < 1.29 is 0 Å².